The van der Waals surface area contributed by atoms with Crippen LogP contribution in [0.4, 0.5) is 24.5 Å². The number of nitrogens with zero attached hydrogens (tertiary/aromatic N) is 1. The molecule has 2 N–H and O–H groups in total. The number of rotatable bonds is 4. The number of nitrogen functional groups attached to an aromatic ring is 1. The van der Waals surface area contributed by atoms with E-state index in [1.165, 1.54) is 18.6 Å². The van der Waals surface area contributed by atoms with Gasteiger partial charge >= 0.3 is 6.18 Å². The van der Waals surface area contributed by atoms with Gasteiger partial charge in [-0.2, -0.15) is 13.2 Å². The first kappa shape index (κ1) is 14.0. The molecule has 1 aliphatic rings. The average molecular weight is 272 g/mol. The molecule has 1 aromatic carbocycles. The second kappa shape index (κ2) is 5.31. The van der Waals surface area contributed by atoms with Crippen LogP contribution in [-0.2, 0) is 6.18 Å². The summed E-state index contributed by atoms with van der Waals surface area (Å²) >= 11 is 0. The predicted octanol–water partition coefficient (Wildman–Crippen LogP) is 3.91. The monoisotopic (exact) mass is 272 g/mol. The molecule has 0 aromatic heterocycles. The Kier molecular flexibility index (Phi) is 3.92. The first-order valence-electron chi connectivity index (χ1n) is 6.63. The van der Waals surface area contributed by atoms with Crippen LogP contribution in [0.1, 0.15) is 31.7 Å². The number of nitrogens with two attached hydrogens (primary N) is 1. The van der Waals surface area contributed by atoms with Gasteiger partial charge in [-0.25, -0.2) is 0 Å². The minimum atomic E-state index is -4.36. The van der Waals surface area contributed by atoms with Crippen LogP contribution >= 0.6 is 0 Å². The molecule has 2 nitrogen and oxygen atoms in total. The molecule has 1 saturated carbocycles. The highest BCUT2D eigenvalue weighted by Crippen LogP contribution is 2.39. The third-order valence-electron chi connectivity index (χ3n) is 3.75. The summed E-state index contributed by atoms with van der Waals surface area (Å²) in [7, 11) is 0. The van der Waals surface area contributed by atoms with E-state index < -0.39 is 11.7 Å². The van der Waals surface area contributed by atoms with Gasteiger partial charge < -0.3 is 10.6 Å². The van der Waals surface area contributed by atoms with Crippen LogP contribution in [0.25, 0.3) is 0 Å². The van der Waals surface area contributed by atoms with Crippen molar-refractivity contribution in [2.24, 2.45) is 5.92 Å². The van der Waals surface area contributed by atoms with Crippen molar-refractivity contribution in [1.82, 2.24) is 0 Å². The molecule has 0 amide bonds. The molecule has 1 fully saturated rings. The zero-order chi connectivity index (χ0) is 14.0. The van der Waals surface area contributed by atoms with E-state index in [9.17, 15) is 13.2 Å². The van der Waals surface area contributed by atoms with Crippen LogP contribution in [0.15, 0.2) is 18.2 Å². The first-order valence-corrected chi connectivity index (χ1v) is 6.63. The zero-order valence-corrected chi connectivity index (χ0v) is 11.0. The maximum atomic E-state index is 13.1. The van der Waals surface area contributed by atoms with Crippen molar-refractivity contribution in [3.8, 4) is 0 Å². The molecule has 19 heavy (non-hydrogen) atoms. The Labute approximate surface area is 111 Å². The summed E-state index contributed by atoms with van der Waals surface area (Å²) in [6.45, 7) is 3.15. The molecular formula is C14H19F3N2. The maximum Gasteiger partial charge on any atom is 0.418 e. The number of halogens is 3. The van der Waals surface area contributed by atoms with Gasteiger partial charge in [-0.15, -0.1) is 0 Å². The highest BCUT2D eigenvalue weighted by atomic mass is 19.4. The van der Waals surface area contributed by atoms with Gasteiger partial charge in [0.05, 0.1) is 5.56 Å². The maximum absolute atomic E-state index is 13.1. The minimum Gasteiger partial charge on any atom is -0.399 e. The second-order valence-corrected chi connectivity index (χ2v) is 5.11. The van der Waals surface area contributed by atoms with E-state index in [4.69, 9.17) is 5.73 Å². The fourth-order valence-corrected chi connectivity index (χ4v) is 2.44. The van der Waals surface area contributed by atoms with Crippen LogP contribution in [-0.4, -0.2) is 13.1 Å². The van der Waals surface area contributed by atoms with Crippen LogP contribution < -0.4 is 10.6 Å². The van der Waals surface area contributed by atoms with Gasteiger partial charge in [0.25, 0.3) is 0 Å². The quantitative estimate of drug-likeness (QED) is 0.842. The molecule has 1 aliphatic carbocycles. The summed E-state index contributed by atoms with van der Waals surface area (Å²) in [5.74, 6) is 0.526. The molecule has 0 atom stereocenters. The number of hydrogen-bond acceptors (Lipinski definition) is 2. The minimum absolute atomic E-state index is 0.149. The Morgan fingerprint density at radius 3 is 2.47 bits per heavy atom. The van der Waals surface area contributed by atoms with Gasteiger partial charge in [0, 0.05) is 24.5 Å². The standard InChI is InChI=1S/C14H19F3N2/c1-2-19(9-10-4-3-5-10)13-7-6-11(18)8-12(13)14(15,16)17/h6-8,10H,2-5,9,18H2,1H3. The van der Waals surface area contributed by atoms with Gasteiger partial charge in [0.1, 0.15) is 0 Å². The number of hydrogen-bond donors (Lipinski definition) is 1. The largest absolute Gasteiger partial charge is 0.418 e. The average Bonchev–Trinajstić information content (AvgIpc) is 2.27. The Morgan fingerprint density at radius 1 is 1.32 bits per heavy atom. The van der Waals surface area contributed by atoms with Crippen LogP contribution in [0.2, 0.25) is 0 Å². The van der Waals surface area contributed by atoms with Gasteiger partial charge in [0.2, 0.25) is 0 Å². The fourth-order valence-electron chi connectivity index (χ4n) is 2.44. The van der Waals surface area contributed by atoms with Crippen LogP contribution in [0.3, 0.4) is 0 Å². The lowest BCUT2D eigenvalue weighted by molar-refractivity contribution is -0.137. The Balaban J connectivity index is 2.30. The van der Waals surface area contributed by atoms with E-state index >= 15 is 0 Å². The predicted molar refractivity (Wildman–Crippen MR) is 71.1 cm³/mol. The normalized spacial score (nSPS) is 16.2. The van der Waals surface area contributed by atoms with Gasteiger partial charge in [-0.3, -0.25) is 0 Å². The van der Waals surface area contributed by atoms with E-state index in [1.807, 2.05) is 11.8 Å². The van der Waals surface area contributed by atoms with Crippen molar-refractivity contribution in [1.29, 1.82) is 0 Å². The highest BCUT2D eigenvalue weighted by Gasteiger charge is 2.35. The number of anilines is 2. The molecule has 0 aliphatic heterocycles. The molecule has 0 bridgehead atoms. The summed E-state index contributed by atoms with van der Waals surface area (Å²) in [5, 5.41) is 0. The molecule has 0 radical (unpaired) electrons. The van der Waals surface area contributed by atoms with Crippen molar-refractivity contribution in [3.63, 3.8) is 0 Å². The summed E-state index contributed by atoms with van der Waals surface area (Å²) in [5.41, 5.74) is 5.25. The van der Waals surface area contributed by atoms with Crippen molar-refractivity contribution >= 4 is 11.4 Å². The van der Waals surface area contributed by atoms with Gasteiger partial charge in [-0.1, -0.05) is 6.42 Å². The van der Waals surface area contributed by atoms with E-state index in [0.717, 1.165) is 18.9 Å². The van der Waals surface area contributed by atoms with Crippen molar-refractivity contribution in [2.75, 3.05) is 23.7 Å². The molecule has 0 unspecified atom stereocenters. The van der Waals surface area contributed by atoms with Crippen LogP contribution in [0, 0.1) is 5.92 Å². The lowest BCUT2D eigenvalue weighted by atomic mass is 9.85. The molecule has 106 valence electrons. The Bertz CT molecular complexity index is 439. The van der Waals surface area contributed by atoms with E-state index in [-0.39, 0.29) is 11.4 Å². The smallest absolute Gasteiger partial charge is 0.399 e. The summed E-state index contributed by atoms with van der Waals surface area (Å²) in [4.78, 5) is 1.81. The first-order chi connectivity index (χ1) is 8.91. The van der Waals surface area contributed by atoms with E-state index in [0.29, 0.717) is 19.0 Å². The van der Waals surface area contributed by atoms with E-state index in [1.54, 1.807) is 0 Å². The highest BCUT2D eigenvalue weighted by molar-refractivity contribution is 5.61. The summed E-state index contributed by atoms with van der Waals surface area (Å²) in [6, 6.07) is 4.05. The van der Waals surface area contributed by atoms with Crippen molar-refractivity contribution in [3.05, 3.63) is 23.8 Å². The third-order valence-corrected chi connectivity index (χ3v) is 3.75. The molecule has 0 spiro atoms. The topological polar surface area (TPSA) is 29.3 Å². The van der Waals surface area contributed by atoms with Crippen molar-refractivity contribution < 1.29 is 13.2 Å². The fraction of sp³-hybridized carbons (Fsp3) is 0.571. The summed E-state index contributed by atoms with van der Waals surface area (Å²) in [6.07, 6.45) is -0.937. The Morgan fingerprint density at radius 2 is 2.00 bits per heavy atom. The molecule has 0 saturated heterocycles. The molecule has 1 aromatic rings. The van der Waals surface area contributed by atoms with Gasteiger partial charge in [0.15, 0.2) is 0 Å². The zero-order valence-electron chi connectivity index (χ0n) is 11.0. The van der Waals surface area contributed by atoms with Crippen molar-refractivity contribution in [2.45, 2.75) is 32.4 Å². The van der Waals surface area contributed by atoms with E-state index in [2.05, 4.69) is 0 Å². The summed E-state index contributed by atoms with van der Waals surface area (Å²) < 4.78 is 39.2. The van der Waals surface area contributed by atoms with Crippen LogP contribution in [0.5, 0.6) is 0 Å². The number of benzene rings is 1. The third kappa shape index (κ3) is 3.14. The lowest BCUT2D eigenvalue weighted by Crippen LogP contribution is -2.33. The Hall–Kier alpha value is -1.39. The second-order valence-electron chi connectivity index (χ2n) is 5.11. The molecule has 2 rings (SSSR count). The SMILES string of the molecule is CCN(CC1CCC1)c1ccc(N)cc1C(F)(F)F. The van der Waals surface area contributed by atoms with Gasteiger partial charge in [-0.05, 0) is 43.9 Å². The number of alkyl halides is 3. The lowest BCUT2D eigenvalue weighted by Gasteiger charge is -2.34. The molecular weight excluding hydrogens is 253 g/mol. The molecule has 0 heterocycles. The molecule has 5 heteroatoms.